The summed E-state index contributed by atoms with van der Waals surface area (Å²) in [7, 11) is 2.18. The number of rotatable bonds is 14. The van der Waals surface area contributed by atoms with Crippen molar-refractivity contribution in [2.24, 2.45) is 5.92 Å². The van der Waals surface area contributed by atoms with Crippen LogP contribution in [0, 0.1) is 12.8 Å². The molecule has 4 heterocycles. The van der Waals surface area contributed by atoms with Crippen LogP contribution in [-0.4, -0.2) is 75.2 Å². The Balaban J connectivity index is 0.821. The molecule has 296 valence electrons. The monoisotopic (exact) mass is 798 g/mol. The number of aryl methyl sites for hydroxylation is 2. The number of allylic oxidation sites excluding steroid dienone is 1. The fourth-order valence-corrected chi connectivity index (χ4v) is 10.9. The number of aliphatic hydroxyl groups excluding tert-OH is 1. The third-order valence-electron chi connectivity index (χ3n) is 12.0. The van der Waals surface area contributed by atoms with Crippen molar-refractivity contribution in [3.8, 4) is 5.75 Å². The molecule has 5 aromatic rings. The van der Waals surface area contributed by atoms with E-state index in [1.54, 1.807) is 18.2 Å². The Labute approximate surface area is 334 Å². The van der Waals surface area contributed by atoms with Crippen molar-refractivity contribution in [2.45, 2.75) is 95.0 Å². The Morgan fingerprint density at radius 2 is 1.96 bits per heavy atom. The second-order valence-electron chi connectivity index (χ2n) is 15.7. The van der Waals surface area contributed by atoms with Gasteiger partial charge >= 0.3 is 5.97 Å². The molecule has 0 amide bonds. The summed E-state index contributed by atoms with van der Waals surface area (Å²) in [6.07, 6.45) is 8.15. The Kier molecular flexibility index (Phi) is 11.3. The molecule has 1 fully saturated rings. The van der Waals surface area contributed by atoms with E-state index in [0.717, 1.165) is 87.1 Å². The molecule has 0 spiro atoms. The first-order valence-electron chi connectivity index (χ1n) is 19.8. The lowest BCUT2D eigenvalue weighted by Gasteiger charge is -2.35. The van der Waals surface area contributed by atoms with Gasteiger partial charge in [0.05, 0.1) is 27.1 Å². The predicted molar refractivity (Wildman–Crippen MR) is 218 cm³/mol. The van der Waals surface area contributed by atoms with Gasteiger partial charge in [-0.05, 0) is 125 Å². The van der Waals surface area contributed by atoms with Crippen molar-refractivity contribution < 1.29 is 29.4 Å². The number of pyridine rings is 1. The van der Waals surface area contributed by atoms with Crippen LogP contribution in [0.1, 0.15) is 94.7 Å². The van der Waals surface area contributed by atoms with Crippen LogP contribution < -0.4 is 10.9 Å². The normalized spacial score (nSPS) is 21.3. The fraction of sp³-hybridized carbons (Fsp3) is 0.465. The van der Waals surface area contributed by atoms with Gasteiger partial charge in [0.1, 0.15) is 17.6 Å². The number of aromatic hydroxyl groups is 1. The van der Waals surface area contributed by atoms with Gasteiger partial charge in [-0.15, -0.1) is 22.7 Å². The first kappa shape index (κ1) is 38.7. The van der Waals surface area contributed by atoms with E-state index in [1.165, 1.54) is 51.5 Å². The number of nitrogens with one attached hydrogen (secondary N) is 2. The number of phenolic OH excluding ortho intramolecular Hbond substituents is 1. The van der Waals surface area contributed by atoms with E-state index in [0.29, 0.717) is 45.4 Å². The number of aliphatic hydroxyl groups is 2. The molecule has 13 heteroatoms. The number of nitrogens with zero attached hydrogens (tertiary/aromatic N) is 2. The summed E-state index contributed by atoms with van der Waals surface area (Å²) in [5.41, 5.74) is 4.04. The third kappa shape index (κ3) is 7.65. The van der Waals surface area contributed by atoms with Gasteiger partial charge in [0.2, 0.25) is 11.2 Å². The first-order chi connectivity index (χ1) is 27.1. The van der Waals surface area contributed by atoms with E-state index in [2.05, 4.69) is 27.4 Å². The minimum Gasteiger partial charge on any atom is -0.506 e. The number of aromatic nitrogens is 2. The van der Waals surface area contributed by atoms with Gasteiger partial charge in [-0.2, -0.15) is 0 Å². The minimum absolute atomic E-state index is 0.0240. The zero-order chi connectivity index (χ0) is 39.0. The van der Waals surface area contributed by atoms with Crippen molar-refractivity contribution in [3.05, 3.63) is 107 Å². The summed E-state index contributed by atoms with van der Waals surface area (Å²) in [6.45, 7) is 3.94. The Morgan fingerprint density at radius 1 is 1.12 bits per heavy atom. The van der Waals surface area contributed by atoms with Gasteiger partial charge in [-0.3, -0.25) is 4.79 Å². The molecule has 56 heavy (non-hydrogen) atoms. The highest BCUT2D eigenvalue weighted by Crippen LogP contribution is 2.46. The second kappa shape index (κ2) is 16.4. The van der Waals surface area contributed by atoms with E-state index in [1.807, 2.05) is 30.5 Å². The van der Waals surface area contributed by atoms with Gasteiger partial charge in [0, 0.05) is 53.4 Å². The lowest BCUT2D eigenvalue weighted by molar-refractivity contribution is -0.169. The van der Waals surface area contributed by atoms with Gasteiger partial charge in [0.15, 0.2) is 0 Å². The average molecular weight is 799 g/mol. The number of carbonyl (C=O) groups excluding carboxylic acids is 1. The summed E-state index contributed by atoms with van der Waals surface area (Å²) >= 11 is 2.79. The third-order valence-corrected chi connectivity index (χ3v) is 14.1. The predicted octanol–water partition coefficient (Wildman–Crippen LogP) is 6.74. The Morgan fingerprint density at radius 3 is 2.73 bits per heavy atom. The average Bonchev–Trinajstić information content (AvgIpc) is 4.03. The number of aromatic amines is 1. The van der Waals surface area contributed by atoms with E-state index in [9.17, 15) is 24.9 Å². The zero-order valence-electron chi connectivity index (χ0n) is 31.9. The quantitative estimate of drug-likeness (QED) is 0.0762. The van der Waals surface area contributed by atoms with Crippen LogP contribution in [0.15, 0.2) is 68.8 Å². The number of esters is 1. The fourth-order valence-electron chi connectivity index (χ4n) is 9.07. The molecule has 0 radical (unpaired) electrons. The summed E-state index contributed by atoms with van der Waals surface area (Å²) in [5, 5.41) is 43.6. The van der Waals surface area contributed by atoms with Crippen LogP contribution in [0.4, 0.5) is 0 Å². The van der Waals surface area contributed by atoms with Crippen molar-refractivity contribution in [1.29, 1.82) is 0 Å². The van der Waals surface area contributed by atoms with Crippen LogP contribution in [0.3, 0.4) is 0 Å². The number of hydrogen-bond donors (Lipinski definition) is 5. The molecule has 3 aliphatic rings. The Hall–Kier alpha value is -4.11. The lowest BCUT2D eigenvalue weighted by Crippen LogP contribution is -2.42. The van der Waals surface area contributed by atoms with E-state index in [4.69, 9.17) is 9.26 Å². The number of phenols is 1. The van der Waals surface area contributed by atoms with Crippen LogP contribution in [-0.2, 0) is 28.0 Å². The van der Waals surface area contributed by atoms with Gasteiger partial charge in [0.25, 0.3) is 0 Å². The summed E-state index contributed by atoms with van der Waals surface area (Å²) < 4.78 is 12.0. The number of fused-ring (bicyclic) bond motifs is 3. The molecule has 3 atom stereocenters. The molecular weight excluding hydrogens is 749 g/mol. The van der Waals surface area contributed by atoms with E-state index in [-0.39, 0.29) is 23.3 Å². The molecule has 4 aromatic heterocycles. The standard InChI is InChI=1S/C43H50N4O7S2/c1-25-10-18-38(56-25)43(52,37-9-5-21-55-37)42(51)53-28-13-11-27(12-14-28)47(2)20-4-8-33-40-31-7-3-6-29(31)26(22-36(40)54-46-33)23-44-24-35(49)30-15-17-34(48)41-32(30)16-19-39(50)45-41/h5,9-10,15-19,21,26-28,35,44,48-49,52H,3-4,6-8,11-14,20,22-24H2,1-2H3,(H,45,50)/t26?,27-,28-,35-,43?/m0/s1. The maximum absolute atomic E-state index is 13.6. The number of carbonyl (C=O) groups is 1. The maximum atomic E-state index is 13.6. The molecule has 3 aliphatic carbocycles. The van der Waals surface area contributed by atoms with E-state index >= 15 is 0 Å². The number of ether oxygens (including phenoxy) is 1. The topological polar surface area (TPSA) is 161 Å². The number of benzene rings is 1. The van der Waals surface area contributed by atoms with Crippen LogP contribution in [0.2, 0.25) is 0 Å². The number of thiophene rings is 2. The minimum atomic E-state index is -1.78. The SMILES string of the molecule is Cc1ccc(C(O)(C(=O)O[C@H]2CC[C@H](N(C)CCCc3noc4c3C3=C(CCC3)C(CNC[C@H](O)c3ccc(O)c5[nH]c(=O)ccc35)C4)CC2)c2cccs2)s1. The molecule has 0 aliphatic heterocycles. The van der Waals surface area contributed by atoms with Crippen molar-refractivity contribution in [1.82, 2.24) is 20.4 Å². The second-order valence-corrected chi connectivity index (χ2v) is 17.9. The summed E-state index contributed by atoms with van der Waals surface area (Å²) in [5.74, 6) is 0.620. The molecule has 11 nitrogen and oxygen atoms in total. The highest BCUT2D eigenvalue weighted by Gasteiger charge is 2.45. The molecule has 8 rings (SSSR count). The van der Waals surface area contributed by atoms with Gasteiger partial charge in [-0.1, -0.05) is 22.9 Å². The molecule has 0 saturated heterocycles. The smallest absolute Gasteiger partial charge is 0.349 e. The number of hydrogen-bond acceptors (Lipinski definition) is 12. The molecule has 0 bridgehead atoms. The highest BCUT2D eigenvalue weighted by atomic mass is 32.1. The Bertz CT molecular complexity index is 2270. The molecule has 1 saturated carbocycles. The summed E-state index contributed by atoms with van der Waals surface area (Å²) in [6, 6.07) is 14.0. The van der Waals surface area contributed by atoms with Crippen LogP contribution >= 0.6 is 22.7 Å². The molecular formula is C43H50N4O7S2. The lowest BCUT2D eigenvalue weighted by atomic mass is 9.82. The zero-order valence-corrected chi connectivity index (χ0v) is 33.5. The molecule has 2 unspecified atom stereocenters. The van der Waals surface area contributed by atoms with Crippen molar-refractivity contribution >= 4 is 45.1 Å². The van der Waals surface area contributed by atoms with E-state index < -0.39 is 17.7 Å². The van der Waals surface area contributed by atoms with Gasteiger partial charge in [-0.25, -0.2) is 4.79 Å². The highest BCUT2D eigenvalue weighted by molar-refractivity contribution is 7.13. The van der Waals surface area contributed by atoms with Crippen LogP contribution in [0.5, 0.6) is 5.75 Å². The maximum Gasteiger partial charge on any atom is 0.349 e. The van der Waals surface area contributed by atoms with Crippen molar-refractivity contribution in [2.75, 3.05) is 26.7 Å². The van der Waals surface area contributed by atoms with Gasteiger partial charge < -0.3 is 39.8 Å². The molecule has 1 aromatic carbocycles. The molecule has 5 N–H and O–H groups in total. The van der Waals surface area contributed by atoms with Crippen LogP contribution in [0.25, 0.3) is 16.5 Å². The largest absolute Gasteiger partial charge is 0.506 e. The first-order valence-corrected chi connectivity index (χ1v) is 21.5. The number of H-pyrrole nitrogens is 1. The summed E-state index contributed by atoms with van der Waals surface area (Å²) in [4.78, 5) is 32.7. The van der Waals surface area contributed by atoms with Crippen molar-refractivity contribution in [3.63, 3.8) is 0 Å².